The van der Waals surface area contributed by atoms with Crippen molar-refractivity contribution in [2.75, 3.05) is 13.1 Å². The lowest BCUT2D eigenvalue weighted by molar-refractivity contribution is 0.0205. The number of rotatable bonds is 3. The molecular formula is C24H28FN3O4S. The number of ether oxygens (including phenoxy) is 1. The number of hydrogen-bond acceptors (Lipinski definition) is 5. The molecule has 0 atom stereocenters. The molecule has 0 unspecified atom stereocenters. The molecule has 3 aromatic rings. The summed E-state index contributed by atoms with van der Waals surface area (Å²) >= 11 is 0. The van der Waals surface area contributed by atoms with E-state index in [1.54, 1.807) is 35.4 Å². The fraction of sp³-hybridized carbons (Fsp3) is 0.417. The predicted molar refractivity (Wildman–Crippen MR) is 123 cm³/mol. The maximum absolute atomic E-state index is 14.1. The molecule has 0 saturated carbocycles. The number of carbonyl (C=O) groups is 1. The zero-order valence-corrected chi connectivity index (χ0v) is 20.0. The van der Waals surface area contributed by atoms with Gasteiger partial charge in [-0.3, -0.25) is 0 Å². The summed E-state index contributed by atoms with van der Waals surface area (Å²) in [5.41, 5.74) is 1.29. The van der Waals surface area contributed by atoms with Crippen molar-refractivity contribution >= 4 is 27.1 Å². The fourth-order valence-corrected chi connectivity index (χ4v) is 5.44. The third-order valence-corrected chi connectivity index (χ3v) is 7.44. The zero-order valence-electron chi connectivity index (χ0n) is 19.2. The first-order valence-electron chi connectivity index (χ1n) is 10.9. The van der Waals surface area contributed by atoms with Gasteiger partial charge in [0.2, 0.25) is 0 Å². The second-order valence-electron chi connectivity index (χ2n) is 9.46. The highest BCUT2D eigenvalue weighted by atomic mass is 32.2. The van der Waals surface area contributed by atoms with E-state index < -0.39 is 21.4 Å². The highest BCUT2D eigenvalue weighted by Gasteiger charge is 2.31. The smallest absolute Gasteiger partial charge is 0.410 e. The van der Waals surface area contributed by atoms with E-state index in [9.17, 15) is 17.6 Å². The number of pyridine rings is 1. The summed E-state index contributed by atoms with van der Waals surface area (Å²) in [5.74, 6) is -0.565. The molecule has 176 valence electrons. The number of aromatic nitrogens is 2. The highest BCUT2D eigenvalue weighted by molar-refractivity contribution is 7.90. The minimum absolute atomic E-state index is 0.0377. The molecule has 1 amide bonds. The van der Waals surface area contributed by atoms with Crippen LogP contribution in [0.1, 0.15) is 50.7 Å². The van der Waals surface area contributed by atoms with Gasteiger partial charge in [0, 0.05) is 24.7 Å². The van der Waals surface area contributed by atoms with E-state index in [0.717, 1.165) is 21.3 Å². The van der Waals surface area contributed by atoms with Crippen LogP contribution in [0.25, 0.3) is 11.0 Å². The molecule has 9 heteroatoms. The molecular weight excluding hydrogens is 445 g/mol. The minimum atomic E-state index is -3.91. The Balaban J connectivity index is 1.67. The van der Waals surface area contributed by atoms with Gasteiger partial charge in [-0.05, 0) is 70.2 Å². The van der Waals surface area contributed by atoms with Crippen LogP contribution in [-0.4, -0.2) is 47.1 Å². The molecule has 1 aromatic carbocycles. The highest BCUT2D eigenvalue weighted by Crippen LogP contribution is 2.36. The second kappa shape index (κ2) is 8.44. The number of benzene rings is 1. The Morgan fingerprint density at radius 2 is 1.79 bits per heavy atom. The Morgan fingerprint density at radius 3 is 2.39 bits per heavy atom. The van der Waals surface area contributed by atoms with E-state index in [0.29, 0.717) is 31.3 Å². The van der Waals surface area contributed by atoms with E-state index in [1.165, 1.54) is 6.07 Å². The fourth-order valence-electron chi connectivity index (χ4n) is 4.11. The largest absolute Gasteiger partial charge is 0.444 e. The number of likely N-dealkylation sites (tertiary alicyclic amines) is 1. The van der Waals surface area contributed by atoms with Crippen LogP contribution < -0.4 is 0 Å². The topological polar surface area (TPSA) is 81.5 Å². The number of amides is 1. The van der Waals surface area contributed by atoms with Gasteiger partial charge in [-0.1, -0.05) is 17.7 Å². The molecule has 0 spiro atoms. The average Bonchev–Trinajstić information content (AvgIpc) is 3.12. The lowest BCUT2D eigenvalue weighted by atomic mass is 9.89. The number of hydrogen-bond donors (Lipinski definition) is 0. The van der Waals surface area contributed by atoms with E-state index in [2.05, 4.69) is 4.98 Å². The van der Waals surface area contributed by atoms with Crippen molar-refractivity contribution < 1.29 is 22.3 Å². The van der Waals surface area contributed by atoms with Crippen molar-refractivity contribution in [3.8, 4) is 0 Å². The Kier molecular flexibility index (Phi) is 5.94. The van der Waals surface area contributed by atoms with Crippen LogP contribution in [0.4, 0.5) is 9.18 Å². The van der Waals surface area contributed by atoms with Crippen LogP contribution >= 0.6 is 0 Å². The van der Waals surface area contributed by atoms with Crippen molar-refractivity contribution in [2.24, 2.45) is 0 Å². The first-order chi connectivity index (χ1) is 15.5. The van der Waals surface area contributed by atoms with E-state index >= 15 is 0 Å². The van der Waals surface area contributed by atoms with Crippen LogP contribution in [-0.2, 0) is 14.8 Å². The van der Waals surface area contributed by atoms with Crippen LogP contribution in [0.3, 0.4) is 0 Å². The Hall–Kier alpha value is -2.94. The van der Waals surface area contributed by atoms with Gasteiger partial charge in [0.1, 0.15) is 11.4 Å². The maximum atomic E-state index is 14.1. The first kappa shape index (κ1) is 23.2. The summed E-state index contributed by atoms with van der Waals surface area (Å²) in [6.07, 6.45) is 3.44. The van der Waals surface area contributed by atoms with Gasteiger partial charge < -0.3 is 9.64 Å². The Morgan fingerprint density at radius 1 is 1.15 bits per heavy atom. The minimum Gasteiger partial charge on any atom is -0.444 e. The van der Waals surface area contributed by atoms with Crippen LogP contribution in [0.5, 0.6) is 0 Å². The molecule has 2 aromatic heterocycles. The molecule has 1 aliphatic rings. The molecule has 4 rings (SSSR count). The van der Waals surface area contributed by atoms with E-state index in [-0.39, 0.29) is 22.6 Å². The van der Waals surface area contributed by atoms with E-state index in [4.69, 9.17) is 4.74 Å². The zero-order chi connectivity index (χ0) is 24.0. The number of piperidine rings is 1. The number of nitrogens with zero attached hydrogens (tertiary/aromatic N) is 3. The third-order valence-electron chi connectivity index (χ3n) is 5.77. The van der Waals surface area contributed by atoms with Crippen LogP contribution in [0.15, 0.2) is 47.6 Å². The summed E-state index contributed by atoms with van der Waals surface area (Å²) in [5, 5.41) is 0.474. The lowest BCUT2D eigenvalue weighted by Crippen LogP contribution is -2.41. The SMILES string of the molecule is Cc1ccc(S(=O)(=O)n2cc(C3CCN(C(=O)OC(C)(C)C)CC3)c3cc(F)cnc32)cc1. The summed E-state index contributed by atoms with van der Waals surface area (Å²) in [7, 11) is -3.91. The van der Waals surface area contributed by atoms with Gasteiger partial charge in [-0.2, -0.15) is 0 Å². The Bertz CT molecular complexity index is 1290. The second-order valence-corrected chi connectivity index (χ2v) is 11.3. The third kappa shape index (κ3) is 4.73. The summed E-state index contributed by atoms with van der Waals surface area (Å²) in [6.45, 7) is 8.29. The molecule has 0 bridgehead atoms. The molecule has 1 saturated heterocycles. The van der Waals surface area contributed by atoms with Crippen LogP contribution in [0.2, 0.25) is 0 Å². The predicted octanol–water partition coefficient (Wildman–Crippen LogP) is 4.84. The molecule has 0 radical (unpaired) electrons. The standard InChI is InChI=1S/C24H28FN3O4S/c1-16-5-7-19(8-6-16)33(30,31)28-15-21(20-13-18(25)14-26-22(20)28)17-9-11-27(12-10-17)23(29)32-24(2,3)4/h5-8,13-15,17H,9-12H2,1-4H3. The monoisotopic (exact) mass is 473 g/mol. The molecule has 1 aliphatic heterocycles. The normalized spacial score (nSPS) is 15.7. The van der Waals surface area contributed by atoms with Crippen molar-refractivity contribution in [1.29, 1.82) is 0 Å². The molecule has 0 aliphatic carbocycles. The van der Waals surface area contributed by atoms with Crippen molar-refractivity contribution in [3.63, 3.8) is 0 Å². The molecule has 0 N–H and O–H groups in total. The van der Waals surface area contributed by atoms with Crippen molar-refractivity contribution in [1.82, 2.24) is 13.9 Å². The maximum Gasteiger partial charge on any atom is 0.410 e. The summed E-state index contributed by atoms with van der Waals surface area (Å²) in [6, 6.07) is 7.91. The number of carbonyl (C=O) groups excluding carboxylic acids is 1. The number of halogens is 1. The van der Waals surface area contributed by atoms with E-state index in [1.807, 2.05) is 27.7 Å². The quantitative estimate of drug-likeness (QED) is 0.544. The summed E-state index contributed by atoms with van der Waals surface area (Å²) < 4.78 is 47.4. The van der Waals surface area contributed by atoms with Gasteiger partial charge in [0.25, 0.3) is 10.0 Å². The first-order valence-corrected chi connectivity index (χ1v) is 12.4. The number of aryl methyl sites for hydroxylation is 1. The van der Waals surface area contributed by atoms with Crippen molar-refractivity contribution in [3.05, 3.63) is 59.7 Å². The molecule has 7 nitrogen and oxygen atoms in total. The van der Waals surface area contributed by atoms with Gasteiger partial charge in [0.05, 0.1) is 11.1 Å². The molecule has 33 heavy (non-hydrogen) atoms. The number of fused-ring (bicyclic) bond motifs is 1. The molecule has 1 fully saturated rings. The van der Waals surface area contributed by atoms with Gasteiger partial charge in [-0.15, -0.1) is 0 Å². The van der Waals surface area contributed by atoms with Gasteiger partial charge in [-0.25, -0.2) is 26.6 Å². The molecule has 3 heterocycles. The van der Waals surface area contributed by atoms with Gasteiger partial charge in [0.15, 0.2) is 5.65 Å². The van der Waals surface area contributed by atoms with Crippen molar-refractivity contribution in [2.45, 2.75) is 57.0 Å². The average molecular weight is 474 g/mol. The Labute approximate surface area is 193 Å². The van der Waals surface area contributed by atoms with Crippen LogP contribution in [0, 0.1) is 12.7 Å². The van der Waals surface area contributed by atoms with Gasteiger partial charge >= 0.3 is 6.09 Å². The lowest BCUT2D eigenvalue weighted by Gasteiger charge is -2.33. The summed E-state index contributed by atoms with van der Waals surface area (Å²) in [4.78, 5) is 18.3.